The number of anilines is 1. The number of benzene rings is 2. The molecule has 0 fully saturated rings. The minimum absolute atomic E-state index is 0.103. The Bertz CT molecular complexity index is 582. The van der Waals surface area contributed by atoms with Crippen molar-refractivity contribution in [3.63, 3.8) is 0 Å². The van der Waals surface area contributed by atoms with Crippen molar-refractivity contribution in [2.45, 2.75) is 25.8 Å². The Kier molecular flexibility index (Phi) is 5.83. The third-order valence-corrected chi connectivity index (χ3v) is 3.43. The molecule has 4 heteroatoms. The fraction of sp³-hybridized carbons (Fsp3) is 0.278. The SMILES string of the molecule is COc1ccc(CCC(C)NC(=O)Nc2ccccc2)cc1. The van der Waals surface area contributed by atoms with Gasteiger partial charge in [-0.1, -0.05) is 30.3 Å². The van der Waals surface area contributed by atoms with Crippen LogP contribution in [0.4, 0.5) is 10.5 Å². The molecular formula is C18H22N2O2. The van der Waals surface area contributed by atoms with Crippen molar-refractivity contribution in [2.75, 3.05) is 12.4 Å². The summed E-state index contributed by atoms with van der Waals surface area (Å²) >= 11 is 0. The minimum Gasteiger partial charge on any atom is -0.497 e. The largest absolute Gasteiger partial charge is 0.497 e. The fourth-order valence-electron chi connectivity index (χ4n) is 2.16. The van der Waals surface area contributed by atoms with E-state index in [0.717, 1.165) is 24.3 Å². The van der Waals surface area contributed by atoms with Crippen molar-refractivity contribution in [1.82, 2.24) is 5.32 Å². The van der Waals surface area contributed by atoms with Crippen molar-refractivity contribution < 1.29 is 9.53 Å². The van der Waals surface area contributed by atoms with Gasteiger partial charge in [0.2, 0.25) is 0 Å². The summed E-state index contributed by atoms with van der Waals surface area (Å²) in [5.74, 6) is 0.858. The predicted octanol–water partition coefficient (Wildman–Crippen LogP) is 3.84. The van der Waals surface area contributed by atoms with E-state index in [2.05, 4.69) is 22.8 Å². The molecule has 2 aromatic rings. The van der Waals surface area contributed by atoms with Gasteiger partial charge in [0.25, 0.3) is 0 Å². The first-order chi connectivity index (χ1) is 10.7. The molecule has 0 aliphatic heterocycles. The number of carbonyl (C=O) groups is 1. The number of carbonyl (C=O) groups excluding carboxylic acids is 1. The number of hydrogen-bond donors (Lipinski definition) is 2. The van der Waals surface area contributed by atoms with Gasteiger partial charge in [-0.25, -0.2) is 4.79 Å². The highest BCUT2D eigenvalue weighted by molar-refractivity contribution is 5.89. The number of para-hydroxylation sites is 1. The molecule has 116 valence electrons. The summed E-state index contributed by atoms with van der Waals surface area (Å²) in [4.78, 5) is 11.9. The summed E-state index contributed by atoms with van der Waals surface area (Å²) in [5.41, 5.74) is 2.03. The molecular weight excluding hydrogens is 276 g/mol. The third kappa shape index (κ3) is 5.13. The predicted molar refractivity (Wildman–Crippen MR) is 89.4 cm³/mol. The highest BCUT2D eigenvalue weighted by Crippen LogP contribution is 2.13. The summed E-state index contributed by atoms with van der Waals surface area (Å²) in [6.07, 6.45) is 1.80. The van der Waals surface area contributed by atoms with Crippen LogP contribution < -0.4 is 15.4 Å². The van der Waals surface area contributed by atoms with Crippen LogP contribution in [0.2, 0.25) is 0 Å². The lowest BCUT2D eigenvalue weighted by molar-refractivity contribution is 0.248. The molecule has 1 unspecified atom stereocenters. The minimum atomic E-state index is -0.173. The number of methoxy groups -OCH3 is 1. The molecule has 2 amide bonds. The van der Waals surface area contributed by atoms with Crippen LogP contribution in [0.5, 0.6) is 5.75 Å². The van der Waals surface area contributed by atoms with E-state index in [9.17, 15) is 4.79 Å². The number of aryl methyl sites for hydroxylation is 1. The summed E-state index contributed by atoms with van der Waals surface area (Å²) in [7, 11) is 1.66. The molecule has 1 atom stereocenters. The Morgan fingerprint density at radius 3 is 2.41 bits per heavy atom. The molecule has 0 saturated heterocycles. The fourth-order valence-corrected chi connectivity index (χ4v) is 2.16. The van der Waals surface area contributed by atoms with Crippen LogP contribution >= 0.6 is 0 Å². The molecule has 2 rings (SSSR count). The monoisotopic (exact) mass is 298 g/mol. The molecule has 0 aliphatic rings. The Hall–Kier alpha value is -2.49. The molecule has 2 aromatic carbocycles. The zero-order chi connectivity index (χ0) is 15.8. The molecule has 2 N–H and O–H groups in total. The summed E-state index contributed by atoms with van der Waals surface area (Å²) in [6, 6.07) is 17.4. The second kappa shape index (κ2) is 8.08. The number of urea groups is 1. The number of amides is 2. The van der Waals surface area contributed by atoms with Gasteiger partial charge < -0.3 is 15.4 Å². The first-order valence-corrected chi connectivity index (χ1v) is 7.43. The summed E-state index contributed by atoms with van der Waals surface area (Å²) < 4.78 is 5.14. The molecule has 0 aromatic heterocycles. The molecule has 0 heterocycles. The number of ether oxygens (including phenoxy) is 1. The van der Waals surface area contributed by atoms with Crippen LogP contribution in [0.3, 0.4) is 0 Å². The van der Waals surface area contributed by atoms with Crippen LogP contribution in [0.1, 0.15) is 18.9 Å². The van der Waals surface area contributed by atoms with E-state index in [1.165, 1.54) is 5.56 Å². The summed E-state index contributed by atoms with van der Waals surface area (Å²) in [6.45, 7) is 2.01. The molecule has 22 heavy (non-hydrogen) atoms. The number of hydrogen-bond acceptors (Lipinski definition) is 2. The second-order valence-electron chi connectivity index (χ2n) is 5.25. The maximum absolute atomic E-state index is 11.9. The lowest BCUT2D eigenvalue weighted by Gasteiger charge is -2.14. The highest BCUT2D eigenvalue weighted by Gasteiger charge is 2.07. The van der Waals surface area contributed by atoms with Crippen molar-refractivity contribution in [2.24, 2.45) is 0 Å². The van der Waals surface area contributed by atoms with Gasteiger partial charge in [0.15, 0.2) is 0 Å². The lowest BCUT2D eigenvalue weighted by atomic mass is 10.1. The van der Waals surface area contributed by atoms with E-state index in [1.54, 1.807) is 7.11 Å². The number of nitrogens with one attached hydrogen (secondary N) is 2. The van der Waals surface area contributed by atoms with E-state index in [-0.39, 0.29) is 12.1 Å². The van der Waals surface area contributed by atoms with Gasteiger partial charge >= 0.3 is 6.03 Å². The van der Waals surface area contributed by atoms with Crippen LogP contribution in [0, 0.1) is 0 Å². The topological polar surface area (TPSA) is 50.4 Å². The average molecular weight is 298 g/mol. The molecule has 0 saturated carbocycles. The van der Waals surface area contributed by atoms with Crippen molar-refractivity contribution in [1.29, 1.82) is 0 Å². The van der Waals surface area contributed by atoms with Gasteiger partial charge in [0, 0.05) is 11.7 Å². The van der Waals surface area contributed by atoms with Crippen LogP contribution in [-0.2, 0) is 6.42 Å². The van der Waals surface area contributed by atoms with E-state index in [1.807, 2.05) is 49.4 Å². The van der Waals surface area contributed by atoms with E-state index < -0.39 is 0 Å². The van der Waals surface area contributed by atoms with Crippen molar-refractivity contribution in [3.05, 3.63) is 60.2 Å². The molecule has 0 aliphatic carbocycles. The van der Waals surface area contributed by atoms with Gasteiger partial charge in [0.05, 0.1) is 7.11 Å². The van der Waals surface area contributed by atoms with E-state index in [0.29, 0.717) is 0 Å². The van der Waals surface area contributed by atoms with Gasteiger partial charge in [-0.05, 0) is 49.6 Å². The van der Waals surface area contributed by atoms with Gasteiger partial charge in [-0.15, -0.1) is 0 Å². The van der Waals surface area contributed by atoms with Crippen LogP contribution in [0.25, 0.3) is 0 Å². The maximum atomic E-state index is 11.9. The lowest BCUT2D eigenvalue weighted by Crippen LogP contribution is -2.36. The quantitative estimate of drug-likeness (QED) is 0.851. The zero-order valence-electron chi connectivity index (χ0n) is 13.0. The standard InChI is InChI=1S/C18H22N2O2/c1-14(8-9-15-10-12-17(22-2)13-11-15)19-18(21)20-16-6-4-3-5-7-16/h3-7,10-14H,8-9H2,1-2H3,(H2,19,20,21). The van der Waals surface area contributed by atoms with Gasteiger partial charge in [0.1, 0.15) is 5.75 Å². The zero-order valence-corrected chi connectivity index (χ0v) is 13.0. The van der Waals surface area contributed by atoms with Crippen molar-refractivity contribution >= 4 is 11.7 Å². The molecule has 0 bridgehead atoms. The second-order valence-corrected chi connectivity index (χ2v) is 5.25. The first-order valence-electron chi connectivity index (χ1n) is 7.43. The molecule has 0 spiro atoms. The molecule has 0 radical (unpaired) electrons. The smallest absolute Gasteiger partial charge is 0.319 e. The maximum Gasteiger partial charge on any atom is 0.319 e. The first kappa shape index (κ1) is 15.9. The Balaban J connectivity index is 1.74. The number of rotatable bonds is 6. The van der Waals surface area contributed by atoms with Crippen molar-refractivity contribution in [3.8, 4) is 5.75 Å². The summed E-state index contributed by atoms with van der Waals surface area (Å²) in [5, 5.41) is 5.77. The van der Waals surface area contributed by atoms with Crippen LogP contribution in [0.15, 0.2) is 54.6 Å². The highest BCUT2D eigenvalue weighted by atomic mass is 16.5. The van der Waals surface area contributed by atoms with E-state index >= 15 is 0 Å². The normalized spacial score (nSPS) is 11.5. The Labute approximate surface area is 131 Å². The average Bonchev–Trinajstić information content (AvgIpc) is 2.54. The Morgan fingerprint density at radius 2 is 1.77 bits per heavy atom. The van der Waals surface area contributed by atoms with Gasteiger partial charge in [-0.2, -0.15) is 0 Å². The Morgan fingerprint density at radius 1 is 1.09 bits per heavy atom. The van der Waals surface area contributed by atoms with E-state index in [4.69, 9.17) is 4.74 Å². The third-order valence-electron chi connectivity index (χ3n) is 3.43. The molecule has 4 nitrogen and oxygen atoms in total. The van der Waals surface area contributed by atoms with Gasteiger partial charge in [-0.3, -0.25) is 0 Å². The van der Waals surface area contributed by atoms with Crippen LogP contribution in [-0.4, -0.2) is 19.2 Å².